The standard InChI is InChI=1S/C22H24N4O5/c1-13-23-22(26(25-13)15-6-8-16(28-2)9-7-15)21-20(24-19(27)12-31-21)14-5-10-17(29-3)18(11-14)30-4/h5-11,20-21H,12H2,1-4H3,(H,24,27)/t20-,21+/m1/s1. The Bertz CT molecular complexity index is 1080. The van der Waals surface area contributed by atoms with E-state index >= 15 is 0 Å². The van der Waals surface area contributed by atoms with Crippen molar-refractivity contribution in [1.82, 2.24) is 20.1 Å². The molecule has 0 saturated carbocycles. The van der Waals surface area contributed by atoms with E-state index in [-0.39, 0.29) is 12.5 Å². The van der Waals surface area contributed by atoms with E-state index in [0.29, 0.717) is 23.1 Å². The Labute approximate surface area is 179 Å². The molecule has 0 unspecified atom stereocenters. The number of hydrogen-bond donors (Lipinski definition) is 1. The third kappa shape index (κ3) is 4.04. The fraction of sp³-hybridized carbons (Fsp3) is 0.318. The zero-order valence-corrected chi connectivity index (χ0v) is 17.8. The maximum absolute atomic E-state index is 12.2. The van der Waals surface area contributed by atoms with Gasteiger partial charge in [-0.25, -0.2) is 9.67 Å². The van der Waals surface area contributed by atoms with Crippen molar-refractivity contribution in [3.63, 3.8) is 0 Å². The van der Waals surface area contributed by atoms with Crippen molar-refractivity contribution in [3.8, 4) is 22.9 Å². The molecule has 2 atom stereocenters. The van der Waals surface area contributed by atoms with E-state index in [1.807, 2.05) is 43.3 Å². The van der Waals surface area contributed by atoms with Gasteiger partial charge in [-0.2, -0.15) is 5.10 Å². The van der Waals surface area contributed by atoms with Crippen LogP contribution in [0.3, 0.4) is 0 Å². The second kappa shape index (κ2) is 8.65. The average Bonchev–Trinajstić information content (AvgIpc) is 3.19. The van der Waals surface area contributed by atoms with Crippen LogP contribution in [-0.2, 0) is 9.53 Å². The molecule has 0 aliphatic carbocycles. The zero-order valence-electron chi connectivity index (χ0n) is 17.8. The van der Waals surface area contributed by atoms with E-state index in [2.05, 4.69) is 15.4 Å². The third-order valence-electron chi connectivity index (χ3n) is 5.09. The van der Waals surface area contributed by atoms with Gasteiger partial charge in [0, 0.05) is 0 Å². The number of carbonyl (C=O) groups is 1. The molecular weight excluding hydrogens is 400 g/mol. The van der Waals surface area contributed by atoms with Crippen LogP contribution in [0.4, 0.5) is 0 Å². The Morgan fingerprint density at radius 1 is 1.03 bits per heavy atom. The minimum Gasteiger partial charge on any atom is -0.497 e. The van der Waals surface area contributed by atoms with Gasteiger partial charge in [-0.1, -0.05) is 6.07 Å². The molecule has 2 heterocycles. The highest BCUT2D eigenvalue weighted by Gasteiger charge is 2.36. The molecule has 2 aromatic carbocycles. The maximum atomic E-state index is 12.2. The molecule has 1 fully saturated rings. The molecule has 1 N–H and O–H groups in total. The molecule has 9 heteroatoms. The Balaban J connectivity index is 1.76. The molecule has 1 saturated heterocycles. The molecule has 1 aliphatic heterocycles. The van der Waals surface area contributed by atoms with E-state index in [1.54, 1.807) is 32.1 Å². The number of aromatic nitrogens is 3. The number of hydrogen-bond acceptors (Lipinski definition) is 7. The number of rotatable bonds is 6. The number of ether oxygens (including phenoxy) is 4. The quantitative estimate of drug-likeness (QED) is 0.649. The summed E-state index contributed by atoms with van der Waals surface area (Å²) in [5.74, 6) is 2.88. The lowest BCUT2D eigenvalue weighted by Gasteiger charge is -2.32. The fourth-order valence-corrected chi connectivity index (χ4v) is 3.61. The topological polar surface area (TPSA) is 96.7 Å². The normalized spacial score (nSPS) is 18.4. The molecule has 3 aromatic rings. The fourth-order valence-electron chi connectivity index (χ4n) is 3.61. The lowest BCUT2D eigenvalue weighted by Crippen LogP contribution is -2.42. The van der Waals surface area contributed by atoms with Gasteiger partial charge in [-0.15, -0.1) is 0 Å². The predicted molar refractivity (Wildman–Crippen MR) is 112 cm³/mol. The van der Waals surface area contributed by atoms with Crippen molar-refractivity contribution in [2.75, 3.05) is 27.9 Å². The van der Waals surface area contributed by atoms with E-state index < -0.39 is 12.1 Å². The smallest absolute Gasteiger partial charge is 0.246 e. The summed E-state index contributed by atoms with van der Waals surface area (Å²) < 4.78 is 23.7. The van der Waals surface area contributed by atoms with Crippen LogP contribution < -0.4 is 19.5 Å². The van der Waals surface area contributed by atoms with E-state index in [0.717, 1.165) is 17.0 Å². The van der Waals surface area contributed by atoms with Crippen LogP contribution >= 0.6 is 0 Å². The first-order valence-electron chi connectivity index (χ1n) is 9.75. The number of benzene rings is 2. The van der Waals surface area contributed by atoms with Crippen LogP contribution in [0.2, 0.25) is 0 Å². The molecule has 0 spiro atoms. The van der Waals surface area contributed by atoms with Gasteiger partial charge in [0.15, 0.2) is 17.3 Å². The second-order valence-corrected chi connectivity index (χ2v) is 7.02. The first-order valence-corrected chi connectivity index (χ1v) is 9.75. The number of nitrogens with zero attached hydrogens (tertiary/aromatic N) is 3. The van der Waals surface area contributed by atoms with E-state index in [4.69, 9.17) is 18.9 Å². The molecule has 0 radical (unpaired) electrons. The van der Waals surface area contributed by atoms with Crippen LogP contribution in [0, 0.1) is 6.92 Å². The summed E-state index contributed by atoms with van der Waals surface area (Å²) in [7, 11) is 4.76. The van der Waals surface area contributed by atoms with Gasteiger partial charge in [0.25, 0.3) is 0 Å². The highest BCUT2D eigenvalue weighted by molar-refractivity contribution is 5.78. The molecule has 1 amide bonds. The Hall–Kier alpha value is -3.59. The summed E-state index contributed by atoms with van der Waals surface area (Å²) in [5, 5.41) is 7.56. The minimum absolute atomic E-state index is 0.0665. The average molecular weight is 424 g/mol. The van der Waals surface area contributed by atoms with Crippen LogP contribution in [-0.4, -0.2) is 48.6 Å². The maximum Gasteiger partial charge on any atom is 0.246 e. The van der Waals surface area contributed by atoms with E-state index in [1.165, 1.54) is 0 Å². The first-order chi connectivity index (χ1) is 15.0. The SMILES string of the molecule is COc1ccc(-n2nc(C)nc2[C@H]2OCC(=O)N[C@@H]2c2ccc(OC)c(OC)c2)cc1. The summed E-state index contributed by atoms with van der Waals surface area (Å²) >= 11 is 0. The molecule has 162 valence electrons. The number of amides is 1. The van der Waals surface area contributed by atoms with Crippen LogP contribution in [0.15, 0.2) is 42.5 Å². The lowest BCUT2D eigenvalue weighted by atomic mass is 9.98. The molecule has 31 heavy (non-hydrogen) atoms. The molecule has 4 rings (SSSR count). The highest BCUT2D eigenvalue weighted by atomic mass is 16.5. The molecule has 0 bridgehead atoms. The Morgan fingerprint density at radius 3 is 2.45 bits per heavy atom. The summed E-state index contributed by atoms with van der Waals surface area (Å²) in [4.78, 5) is 16.8. The van der Waals surface area contributed by atoms with Crippen molar-refractivity contribution >= 4 is 5.91 Å². The number of aryl methyl sites for hydroxylation is 1. The lowest BCUT2D eigenvalue weighted by molar-refractivity contribution is -0.138. The molecule has 9 nitrogen and oxygen atoms in total. The summed E-state index contributed by atoms with van der Waals surface area (Å²) in [6.45, 7) is 1.75. The third-order valence-corrected chi connectivity index (χ3v) is 5.09. The van der Waals surface area contributed by atoms with Crippen molar-refractivity contribution in [1.29, 1.82) is 0 Å². The number of nitrogens with one attached hydrogen (secondary N) is 1. The second-order valence-electron chi connectivity index (χ2n) is 7.02. The summed E-state index contributed by atoms with van der Waals surface area (Å²) in [5.41, 5.74) is 1.61. The first kappa shape index (κ1) is 20.7. The Morgan fingerprint density at radius 2 is 1.77 bits per heavy atom. The largest absolute Gasteiger partial charge is 0.497 e. The van der Waals surface area contributed by atoms with Crippen molar-refractivity contribution in [2.45, 2.75) is 19.1 Å². The van der Waals surface area contributed by atoms with Crippen LogP contribution in [0.1, 0.15) is 29.4 Å². The van der Waals surface area contributed by atoms with Gasteiger partial charge in [0.05, 0.1) is 33.1 Å². The van der Waals surface area contributed by atoms with Crippen molar-refractivity contribution < 1.29 is 23.7 Å². The molecule has 1 aliphatic rings. The number of carbonyl (C=O) groups excluding carboxylic acids is 1. The van der Waals surface area contributed by atoms with Gasteiger partial charge in [-0.05, 0) is 48.9 Å². The monoisotopic (exact) mass is 424 g/mol. The zero-order chi connectivity index (χ0) is 22.0. The minimum atomic E-state index is -0.556. The van der Waals surface area contributed by atoms with Crippen LogP contribution in [0.25, 0.3) is 5.69 Å². The number of methoxy groups -OCH3 is 3. The van der Waals surface area contributed by atoms with Gasteiger partial charge < -0.3 is 24.3 Å². The van der Waals surface area contributed by atoms with Gasteiger partial charge in [0.1, 0.15) is 24.3 Å². The summed E-state index contributed by atoms with van der Waals surface area (Å²) in [6, 6.07) is 12.5. The van der Waals surface area contributed by atoms with E-state index in [9.17, 15) is 4.79 Å². The van der Waals surface area contributed by atoms with Gasteiger partial charge in [-0.3, -0.25) is 4.79 Å². The van der Waals surface area contributed by atoms with Gasteiger partial charge in [0.2, 0.25) is 5.91 Å². The van der Waals surface area contributed by atoms with Gasteiger partial charge >= 0.3 is 0 Å². The van der Waals surface area contributed by atoms with Crippen molar-refractivity contribution in [2.24, 2.45) is 0 Å². The Kier molecular flexibility index (Phi) is 5.77. The van der Waals surface area contributed by atoms with Crippen molar-refractivity contribution in [3.05, 3.63) is 59.7 Å². The summed E-state index contributed by atoms with van der Waals surface area (Å²) in [6.07, 6.45) is -0.556. The predicted octanol–water partition coefficient (Wildman–Crippen LogP) is 2.53. The molecular formula is C22H24N4O5. The highest BCUT2D eigenvalue weighted by Crippen LogP contribution is 2.38. The van der Waals surface area contributed by atoms with Crippen LogP contribution in [0.5, 0.6) is 17.2 Å². The number of morpholine rings is 1. The molecule has 1 aromatic heterocycles.